The molecule has 0 amide bonds. The Morgan fingerprint density at radius 1 is 0.833 bits per heavy atom. The number of carbonyl (C=O) groups is 1. The third-order valence-electron chi connectivity index (χ3n) is 7.30. The van der Waals surface area contributed by atoms with Crippen LogP contribution in [0.3, 0.4) is 0 Å². The third kappa shape index (κ3) is 9.87. The number of aromatic nitrogens is 2. The van der Waals surface area contributed by atoms with Crippen molar-refractivity contribution in [2.24, 2.45) is 5.92 Å². The van der Waals surface area contributed by atoms with Crippen LogP contribution in [0.1, 0.15) is 116 Å². The van der Waals surface area contributed by atoms with Gasteiger partial charge in [0.25, 0.3) is 0 Å². The van der Waals surface area contributed by atoms with E-state index in [9.17, 15) is 4.79 Å². The number of esters is 1. The van der Waals surface area contributed by atoms with Gasteiger partial charge in [0.05, 0.1) is 5.92 Å². The molecule has 36 heavy (non-hydrogen) atoms. The Labute approximate surface area is 219 Å². The van der Waals surface area contributed by atoms with Gasteiger partial charge < -0.3 is 4.74 Å². The summed E-state index contributed by atoms with van der Waals surface area (Å²) >= 11 is 0. The molecule has 1 aliphatic rings. The van der Waals surface area contributed by atoms with E-state index in [2.05, 4.69) is 29.9 Å². The van der Waals surface area contributed by atoms with Gasteiger partial charge in [-0.05, 0) is 74.8 Å². The van der Waals surface area contributed by atoms with Crippen LogP contribution in [-0.2, 0) is 11.2 Å². The standard InChI is InChI=1S/C32H46N2O2/c1-3-5-7-8-9-10-11-13-15-27-24-33-31(34-25-27)28-20-22-30(23-21-28)36-32(35)29-18-16-26(17-19-29)14-12-6-4-2/h16,20-25,29H,3-15,17-19H2,1-2H3. The maximum Gasteiger partial charge on any atom is 0.314 e. The minimum atomic E-state index is -0.117. The van der Waals surface area contributed by atoms with Crippen molar-refractivity contribution in [3.8, 4) is 17.1 Å². The van der Waals surface area contributed by atoms with Crippen molar-refractivity contribution >= 4 is 5.97 Å². The number of hydrogen-bond acceptors (Lipinski definition) is 4. The van der Waals surface area contributed by atoms with Crippen LogP contribution in [0, 0.1) is 5.92 Å². The molecule has 4 heteroatoms. The van der Waals surface area contributed by atoms with Crippen LogP contribution in [0.5, 0.6) is 5.75 Å². The van der Waals surface area contributed by atoms with Crippen LogP contribution in [-0.4, -0.2) is 15.9 Å². The molecule has 0 spiro atoms. The van der Waals surface area contributed by atoms with Gasteiger partial charge in [-0.2, -0.15) is 0 Å². The fourth-order valence-corrected chi connectivity index (χ4v) is 4.90. The first-order valence-corrected chi connectivity index (χ1v) is 14.5. The lowest BCUT2D eigenvalue weighted by atomic mass is 9.87. The lowest BCUT2D eigenvalue weighted by molar-refractivity contribution is -0.139. The van der Waals surface area contributed by atoms with Crippen molar-refractivity contribution in [1.29, 1.82) is 0 Å². The minimum Gasteiger partial charge on any atom is -0.426 e. The smallest absolute Gasteiger partial charge is 0.314 e. The number of allylic oxidation sites excluding steroid dienone is 2. The summed E-state index contributed by atoms with van der Waals surface area (Å²) in [6.07, 6.45) is 25.5. The normalized spacial score (nSPS) is 15.5. The molecule has 0 aliphatic heterocycles. The highest BCUT2D eigenvalue weighted by Gasteiger charge is 2.23. The summed E-state index contributed by atoms with van der Waals surface area (Å²) in [5.74, 6) is 1.15. The highest BCUT2D eigenvalue weighted by atomic mass is 16.5. The maximum atomic E-state index is 12.6. The number of benzene rings is 1. The second-order valence-electron chi connectivity index (χ2n) is 10.4. The zero-order valence-corrected chi connectivity index (χ0v) is 22.6. The molecule has 0 saturated heterocycles. The van der Waals surface area contributed by atoms with Crippen LogP contribution in [0.25, 0.3) is 11.4 Å². The lowest BCUT2D eigenvalue weighted by Crippen LogP contribution is -2.22. The summed E-state index contributed by atoms with van der Waals surface area (Å²) < 4.78 is 5.68. The second kappa shape index (κ2) is 16.3. The number of rotatable bonds is 16. The molecule has 1 heterocycles. The number of nitrogens with zero attached hydrogens (tertiary/aromatic N) is 2. The third-order valence-corrected chi connectivity index (χ3v) is 7.30. The van der Waals surface area contributed by atoms with Gasteiger partial charge in [0.15, 0.2) is 5.82 Å². The van der Waals surface area contributed by atoms with Crippen molar-refractivity contribution in [2.75, 3.05) is 0 Å². The highest BCUT2D eigenvalue weighted by molar-refractivity contribution is 5.75. The molecule has 0 radical (unpaired) electrons. The molecule has 0 bridgehead atoms. The van der Waals surface area contributed by atoms with Gasteiger partial charge in [0, 0.05) is 18.0 Å². The van der Waals surface area contributed by atoms with Crippen LogP contribution in [0.2, 0.25) is 0 Å². The first-order chi connectivity index (χ1) is 17.7. The SMILES string of the molecule is CCCCCCCCCCc1cnc(-c2ccc(OC(=O)C3CC=C(CCCCC)CC3)cc2)nc1. The molecule has 0 N–H and O–H groups in total. The molecular weight excluding hydrogens is 444 g/mol. The number of carbonyl (C=O) groups excluding carboxylic acids is 1. The van der Waals surface area contributed by atoms with Gasteiger partial charge in [-0.1, -0.05) is 83.3 Å². The minimum absolute atomic E-state index is 0.0310. The summed E-state index contributed by atoms with van der Waals surface area (Å²) in [5.41, 5.74) is 3.65. The molecule has 1 aromatic heterocycles. The average Bonchev–Trinajstić information content (AvgIpc) is 2.91. The molecular formula is C32H46N2O2. The van der Waals surface area contributed by atoms with Crippen LogP contribution in [0.4, 0.5) is 0 Å². The largest absolute Gasteiger partial charge is 0.426 e. The zero-order chi connectivity index (χ0) is 25.4. The van der Waals surface area contributed by atoms with Crippen molar-refractivity contribution in [3.63, 3.8) is 0 Å². The number of hydrogen-bond donors (Lipinski definition) is 0. The van der Waals surface area contributed by atoms with Gasteiger partial charge >= 0.3 is 5.97 Å². The molecule has 1 aromatic carbocycles. The van der Waals surface area contributed by atoms with E-state index < -0.39 is 0 Å². The Bertz CT molecular complexity index is 918. The van der Waals surface area contributed by atoms with Crippen LogP contribution in [0.15, 0.2) is 48.3 Å². The van der Waals surface area contributed by atoms with Gasteiger partial charge in [0.2, 0.25) is 0 Å². The predicted molar refractivity (Wildman–Crippen MR) is 149 cm³/mol. The van der Waals surface area contributed by atoms with E-state index in [1.54, 1.807) is 0 Å². The van der Waals surface area contributed by atoms with Gasteiger partial charge in [-0.25, -0.2) is 9.97 Å². The molecule has 3 rings (SSSR count). The number of ether oxygens (including phenoxy) is 1. The predicted octanol–water partition coefficient (Wildman–Crippen LogP) is 9.04. The Kier molecular flexibility index (Phi) is 12.7. The molecule has 1 unspecified atom stereocenters. The number of aryl methyl sites for hydroxylation is 1. The van der Waals surface area contributed by atoms with E-state index in [0.29, 0.717) is 11.6 Å². The van der Waals surface area contributed by atoms with Gasteiger partial charge in [-0.15, -0.1) is 0 Å². The molecule has 196 valence electrons. The van der Waals surface area contributed by atoms with Crippen molar-refractivity contribution in [2.45, 2.75) is 117 Å². The van der Waals surface area contributed by atoms with Crippen LogP contribution >= 0.6 is 0 Å². The lowest BCUT2D eigenvalue weighted by Gasteiger charge is -2.20. The fraction of sp³-hybridized carbons (Fsp3) is 0.594. The molecule has 0 fully saturated rings. The molecule has 1 atom stereocenters. The van der Waals surface area contributed by atoms with E-state index in [1.807, 2.05) is 36.7 Å². The van der Waals surface area contributed by atoms with Crippen molar-refractivity contribution in [3.05, 3.63) is 53.9 Å². The van der Waals surface area contributed by atoms with E-state index in [4.69, 9.17) is 4.74 Å². The first kappa shape index (κ1) is 28.1. The Hall–Kier alpha value is -2.49. The second-order valence-corrected chi connectivity index (χ2v) is 10.4. The van der Waals surface area contributed by atoms with E-state index in [1.165, 1.54) is 88.2 Å². The highest BCUT2D eigenvalue weighted by Crippen LogP contribution is 2.29. The van der Waals surface area contributed by atoms with Crippen LogP contribution < -0.4 is 4.74 Å². The van der Waals surface area contributed by atoms with Crippen molar-refractivity contribution in [1.82, 2.24) is 9.97 Å². The average molecular weight is 491 g/mol. The first-order valence-electron chi connectivity index (χ1n) is 14.5. The topological polar surface area (TPSA) is 52.1 Å². The molecule has 4 nitrogen and oxygen atoms in total. The zero-order valence-electron chi connectivity index (χ0n) is 22.6. The van der Waals surface area contributed by atoms with Crippen molar-refractivity contribution < 1.29 is 9.53 Å². The summed E-state index contributed by atoms with van der Waals surface area (Å²) in [4.78, 5) is 21.8. The van der Waals surface area contributed by atoms with Gasteiger partial charge in [-0.3, -0.25) is 4.79 Å². The van der Waals surface area contributed by atoms with E-state index >= 15 is 0 Å². The Balaban J connectivity index is 1.39. The van der Waals surface area contributed by atoms with E-state index in [0.717, 1.165) is 31.2 Å². The fourth-order valence-electron chi connectivity index (χ4n) is 4.90. The van der Waals surface area contributed by atoms with E-state index in [-0.39, 0.29) is 11.9 Å². The molecule has 0 saturated carbocycles. The summed E-state index contributed by atoms with van der Waals surface area (Å²) in [6.45, 7) is 4.50. The summed E-state index contributed by atoms with van der Waals surface area (Å²) in [5, 5.41) is 0. The summed E-state index contributed by atoms with van der Waals surface area (Å²) in [7, 11) is 0. The Morgan fingerprint density at radius 2 is 1.44 bits per heavy atom. The molecule has 1 aliphatic carbocycles. The molecule has 2 aromatic rings. The monoisotopic (exact) mass is 490 g/mol. The number of unbranched alkanes of at least 4 members (excludes halogenated alkanes) is 9. The van der Waals surface area contributed by atoms with Gasteiger partial charge in [0.1, 0.15) is 5.75 Å². The Morgan fingerprint density at radius 3 is 2.08 bits per heavy atom. The summed E-state index contributed by atoms with van der Waals surface area (Å²) in [6, 6.07) is 7.56. The maximum absolute atomic E-state index is 12.6. The quantitative estimate of drug-likeness (QED) is 0.102.